The van der Waals surface area contributed by atoms with Crippen molar-refractivity contribution in [1.82, 2.24) is 4.90 Å². The third-order valence-corrected chi connectivity index (χ3v) is 4.20. The summed E-state index contributed by atoms with van der Waals surface area (Å²) in [5, 5.41) is 28.5. The van der Waals surface area contributed by atoms with Crippen LogP contribution in [-0.4, -0.2) is 44.6 Å². The molecule has 0 aromatic heterocycles. The number of nitrogens with two attached hydrogens (primary N) is 1. The summed E-state index contributed by atoms with van der Waals surface area (Å²) in [5.41, 5.74) is 5.81. The Bertz CT molecular complexity index is 602. The maximum Gasteiger partial charge on any atom is 0.240 e. The highest BCUT2D eigenvalue weighted by Crippen LogP contribution is 2.37. The summed E-state index contributed by atoms with van der Waals surface area (Å²) in [6.45, 7) is 0.539. The van der Waals surface area contributed by atoms with E-state index in [0.717, 1.165) is 12.8 Å². The Morgan fingerprint density at radius 2 is 1.91 bits per heavy atom. The lowest BCUT2D eigenvalue weighted by Crippen LogP contribution is -2.50. The topological polar surface area (TPSA) is 124 Å². The number of aryl methyl sites for hydroxylation is 1. The summed E-state index contributed by atoms with van der Waals surface area (Å²) in [6.07, 6.45) is 3.41. The highest BCUT2D eigenvalue weighted by Gasteiger charge is 2.30. The zero-order valence-corrected chi connectivity index (χ0v) is 12.9. The van der Waals surface area contributed by atoms with Crippen LogP contribution >= 0.6 is 0 Å². The predicted octanol–water partition coefficient (Wildman–Crippen LogP) is 0.992. The largest absolute Gasteiger partial charge is 0.504 e. The maximum absolute atomic E-state index is 12.3. The molecule has 7 nitrogen and oxygen atoms in total. The lowest BCUT2D eigenvalue weighted by Gasteiger charge is -2.33. The van der Waals surface area contributed by atoms with Crippen LogP contribution in [0, 0.1) is 0 Å². The fraction of sp³-hybridized carbons (Fsp3) is 0.500. The van der Waals surface area contributed by atoms with Gasteiger partial charge in [0.05, 0.1) is 0 Å². The molecule has 126 valence electrons. The highest BCUT2D eigenvalue weighted by atomic mass is 16.3. The number of benzene rings is 1. The minimum atomic E-state index is -0.557. The van der Waals surface area contributed by atoms with Gasteiger partial charge in [0.2, 0.25) is 17.6 Å². The van der Waals surface area contributed by atoms with Crippen LogP contribution < -0.4 is 5.73 Å². The van der Waals surface area contributed by atoms with Crippen LogP contribution in [-0.2, 0) is 16.0 Å². The zero-order valence-electron chi connectivity index (χ0n) is 12.9. The Kier molecular flexibility index (Phi) is 5.31. The van der Waals surface area contributed by atoms with Crippen LogP contribution in [0.15, 0.2) is 12.1 Å². The lowest BCUT2D eigenvalue weighted by atomic mass is 10.00. The van der Waals surface area contributed by atoms with Gasteiger partial charge >= 0.3 is 0 Å². The van der Waals surface area contributed by atoms with Crippen molar-refractivity contribution in [2.24, 2.45) is 5.73 Å². The Balaban J connectivity index is 1.92. The number of phenolic OH excluding ortho intramolecular Hbond substituents is 3. The van der Waals surface area contributed by atoms with E-state index in [2.05, 4.69) is 0 Å². The number of likely N-dealkylation sites (tertiary alicyclic amines) is 1. The van der Waals surface area contributed by atoms with Crippen LogP contribution in [0.1, 0.15) is 37.7 Å². The molecule has 1 fully saturated rings. The fourth-order valence-electron chi connectivity index (χ4n) is 2.91. The number of piperidine rings is 1. The molecule has 0 saturated carbocycles. The van der Waals surface area contributed by atoms with Gasteiger partial charge in [0.1, 0.15) is 6.04 Å². The standard InChI is InChI=1S/C16H22N2O5/c17-16(23)11-5-1-2-9-18(11)13(20)6-3-4-10-7-8-12(19)15(22)14(10)21/h7-8,11,19,21-22H,1-6,9H2,(H2,17,23). The van der Waals surface area contributed by atoms with Crippen LogP contribution in [0.4, 0.5) is 0 Å². The molecule has 1 unspecified atom stereocenters. The molecular weight excluding hydrogens is 300 g/mol. The minimum Gasteiger partial charge on any atom is -0.504 e. The Hall–Kier alpha value is -2.44. The molecule has 1 aromatic carbocycles. The van der Waals surface area contributed by atoms with E-state index < -0.39 is 17.7 Å². The highest BCUT2D eigenvalue weighted by molar-refractivity contribution is 5.86. The average Bonchev–Trinajstić information content (AvgIpc) is 2.54. The molecule has 1 aliphatic heterocycles. The van der Waals surface area contributed by atoms with Crippen LogP contribution in [0.5, 0.6) is 17.2 Å². The van der Waals surface area contributed by atoms with Gasteiger partial charge in [-0.15, -0.1) is 0 Å². The molecule has 1 saturated heterocycles. The SMILES string of the molecule is NC(=O)C1CCCCN1C(=O)CCCc1ccc(O)c(O)c1O. The number of phenols is 3. The monoisotopic (exact) mass is 322 g/mol. The van der Waals surface area contributed by atoms with Crippen LogP contribution in [0.2, 0.25) is 0 Å². The third-order valence-electron chi connectivity index (χ3n) is 4.20. The van der Waals surface area contributed by atoms with Crippen molar-refractivity contribution >= 4 is 11.8 Å². The number of hydrogen-bond donors (Lipinski definition) is 4. The summed E-state index contributed by atoms with van der Waals surface area (Å²) in [5.74, 6) is -1.92. The molecular formula is C16H22N2O5. The minimum absolute atomic E-state index is 0.129. The second kappa shape index (κ2) is 7.21. The van der Waals surface area contributed by atoms with Crippen molar-refractivity contribution in [1.29, 1.82) is 0 Å². The molecule has 5 N–H and O–H groups in total. The first-order valence-corrected chi connectivity index (χ1v) is 7.73. The van der Waals surface area contributed by atoms with Gasteiger partial charge in [0.15, 0.2) is 11.5 Å². The van der Waals surface area contributed by atoms with E-state index in [4.69, 9.17) is 5.73 Å². The van der Waals surface area contributed by atoms with E-state index in [1.165, 1.54) is 12.1 Å². The Morgan fingerprint density at radius 1 is 1.17 bits per heavy atom. The molecule has 7 heteroatoms. The molecule has 2 rings (SSSR count). The Labute approximate surface area is 134 Å². The second-order valence-corrected chi connectivity index (χ2v) is 5.80. The molecule has 0 radical (unpaired) electrons. The molecule has 1 atom stereocenters. The number of aromatic hydroxyl groups is 3. The lowest BCUT2D eigenvalue weighted by molar-refractivity contribution is -0.141. The molecule has 1 heterocycles. The number of carbonyl (C=O) groups is 2. The first-order chi connectivity index (χ1) is 10.9. The average molecular weight is 322 g/mol. The number of carbonyl (C=O) groups excluding carboxylic acids is 2. The number of nitrogens with zero attached hydrogens (tertiary/aromatic N) is 1. The first-order valence-electron chi connectivity index (χ1n) is 7.73. The van der Waals surface area contributed by atoms with Crippen LogP contribution in [0.25, 0.3) is 0 Å². The van der Waals surface area contributed by atoms with Gasteiger partial charge < -0.3 is 26.0 Å². The molecule has 0 bridgehead atoms. The van der Waals surface area contributed by atoms with E-state index in [1.807, 2.05) is 0 Å². The first kappa shape index (κ1) is 16.9. The van der Waals surface area contributed by atoms with E-state index in [1.54, 1.807) is 4.90 Å². The molecule has 0 spiro atoms. The van der Waals surface area contributed by atoms with Gasteiger partial charge in [0.25, 0.3) is 0 Å². The van der Waals surface area contributed by atoms with Gasteiger partial charge in [-0.3, -0.25) is 9.59 Å². The predicted molar refractivity (Wildman–Crippen MR) is 82.9 cm³/mol. The molecule has 2 amide bonds. The number of hydrogen-bond acceptors (Lipinski definition) is 5. The number of primary amides is 1. The van der Waals surface area contributed by atoms with Crippen molar-refractivity contribution in [3.63, 3.8) is 0 Å². The van der Waals surface area contributed by atoms with E-state index in [-0.39, 0.29) is 23.8 Å². The van der Waals surface area contributed by atoms with E-state index in [0.29, 0.717) is 31.4 Å². The summed E-state index contributed by atoms with van der Waals surface area (Å²) in [7, 11) is 0. The van der Waals surface area contributed by atoms with Crippen molar-refractivity contribution < 1.29 is 24.9 Å². The van der Waals surface area contributed by atoms with Crippen molar-refractivity contribution in [3.05, 3.63) is 17.7 Å². The molecule has 0 aliphatic carbocycles. The van der Waals surface area contributed by atoms with Gasteiger partial charge in [-0.25, -0.2) is 0 Å². The summed E-state index contributed by atoms with van der Waals surface area (Å²) in [4.78, 5) is 25.2. The summed E-state index contributed by atoms with van der Waals surface area (Å²) >= 11 is 0. The van der Waals surface area contributed by atoms with Gasteiger partial charge in [-0.2, -0.15) is 0 Å². The molecule has 23 heavy (non-hydrogen) atoms. The van der Waals surface area contributed by atoms with E-state index >= 15 is 0 Å². The quantitative estimate of drug-likeness (QED) is 0.602. The number of rotatable bonds is 5. The van der Waals surface area contributed by atoms with E-state index in [9.17, 15) is 24.9 Å². The van der Waals surface area contributed by atoms with Gasteiger partial charge in [-0.05, 0) is 43.7 Å². The molecule has 1 aromatic rings. The van der Waals surface area contributed by atoms with Crippen LogP contribution in [0.3, 0.4) is 0 Å². The van der Waals surface area contributed by atoms with Gasteiger partial charge in [0, 0.05) is 13.0 Å². The second-order valence-electron chi connectivity index (χ2n) is 5.80. The Morgan fingerprint density at radius 3 is 2.61 bits per heavy atom. The van der Waals surface area contributed by atoms with Gasteiger partial charge in [-0.1, -0.05) is 6.07 Å². The van der Waals surface area contributed by atoms with Crippen molar-refractivity contribution in [2.45, 2.75) is 44.6 Å². The fourth-order valence-corrected chi connectivity index (χ4v) is 2.91. The third kappa shape index (κ3) is 3.85. The van der Waals surface area contributed by atoms with Crippen molar-refractivity contribution in [2.75, 3.05) is 6.54 Å². The van der Waals surface area contributed by atoms with Crippen molar-refractivity contribution in [3.8, 4) is 17.2 Å². The number of amides is 2. The smallest absolute Gasteiger partial charge is 0.240 e. The maximum atomic E-state index is 12.3. The molecule has 1 aliphatic rings. The summed E-state index contributed by atoms with van der Waals surface area (Å²) in [6, 6.07) is 2.27. The summed E-state index contributed by atoms with van der Waals surface area (Å²) < 4.78 is 0. The normalized spacial score (nSPS) is 17.9. The zero-order chi connectivity index (χ0) is 17.0.